The Morgan fingerprint density at radius 2 is 2.00 bits per heavy atom. The number of aliphatic hydroxyl groups excluding tert-OH is 1. The van der Waals surface area contributed by atoms with Gasteiger partial charge in [0.1, 0.15) is 6.54 Å². The highest BCUT2D eigenvalue weighted by Gasteiger charge is 2.42. The Balaban J connectivity index is 4.53. The van der Waals surface area contributed by atoms with Crippen LogP contribution in [-0.2, 0) is 0 Å². The predicted octanol–water partition coefficient (Wildman–Crippen LogP) is 0.0498. The van der Waals surface area contributed by atoms with E-state index in [9.17, 15) is 10.2 Å². The van der Waals surface area contributed by atoms with Crippen LogP contribution >= 0.6 is 0 Å². The largest absolute Gasteiger partial charge is 0.396 e. The van der Waals surface area contributed by atoms with Crippen LogP contribution in [-0.4, -0.2) is 52.5 Å². The van der Waals surface area contributed by atoms with Crippen molar-refractivity contribution in [3.63, 3.8) is 0 Å². The summed E-state index contributed by atoms with van der Waals surface area (Å²) in [6, 6.07) is 0. The van der Waals surface area contributed by atoms with Gasteiger partial charge in [0, 0.05) is 6.61 Å². The molecule has 0 aromatic rings. The molecule has 1 unspecified atom stereocenters. The van der Waals surface area contributed by atoms with Gasteiger partial charge in [-0.25, -0.2) is 0 Å². The number of hydrogen-bond donors (Lipinski definition) is 3. The maximum atomic E-state index is 9.86. The predicted molar refractivity (Wildman–Crippen MR) is 55.3 cm³/mol. The summed E-state index contributed by atoms with van der Waals surface area (Å²) in [4.78, 5) is 0. The van der Waals surface area contributed by atoms with Gasteiger partial charge in [-0.15, -0.1) is 0 Å². The smallest absolute Gasteiger partial charge is 0.314 e. The molecule has 0 amide bonds. The molecule has 0 rings (SSSR count). The fourth-order valence-electron chi connectivity index (χ4n) is 1.40. The van der Waals surface area contributed by atoms with Crippen molar-refractivity contribution in [3.8, 4) is 0 Å². The highest BCUT2D eigenvalue weighted by Crippen LogP contribution is 2.22. The summed E-state index contributed by atoms with van der Waals surface area (Å²) in [5.74, 6) is -1.79. The standard InChI is InChI=1S/C10H22NO3/c1-4-8-11(3,5-2)10(13,14)7-6-9-12/h4,12-14H,1,5-9H2,2-3H3/q+1. The normalized spacial score (nSPS) is 16.4. The monoisotopic (exact) mass is 204 g/mol. The van der Waals surface area contributed by atoms with Gasteiger partial charge in [-0.1, -0.05) is 6.58 Å². The van der Waals surface area contributed by atoms with E-state index in [-0.39, 0.29) is 17.5 Å². The molecule has 1 atom stereocenters. The van der Waals surface area contributed by atoms with Crippen LogP contribution in [0.3, 0.4) is 0 Å². The molecule has 14 heavy (non-hydrogen) atoms. The molecule has 0 radical (unpaired) electrons. The van der Waals surface area contributed by atoms with E-state index in [0.717, 1.165) is 0 Å². The molecule has 0 saturated carbocycles. The van der Waals surface area contributed by atoms with Gasteiger partial charge < -0.3 is 15.3 Å². The third kappa shape index (κ3) is 3.06. The van der Waals surface area contributed by atoms with Crippen molar-refractivity contribution in [3.05, 3.63) is 12.7 Å². The molecule has 0 aliphatic carbocycles. The molecule has 0 bridgehead atoms. The minimum Gasteiger partial charge on any atom is -0.396 e. The van der Waals surface area contributed by atoms with Crippen LogP contribution in [0.15, 0.2) is 12.7 Å². The van der Waals surface area contributed by atoms with E-state index < -0.39 is 5.91 Å². The summed E-state index contributed by atoms with van der Waals surface area (Å²) < 4.78 is 0.108. The second-order valence-corrected chi connectivity index (χ2v) is 3.78. The summed E-state index contributed by atoms with van der Waals surface area (Å²) in [6.07, 6.45) is 2.23. The maximum absolute atomic E-state index is 9.86. The van der Waals surface area contributed by atoms with Gasteiger partial charge in [0.05, 0.1) is 20.0 Å². The van der Waals surface area contributed by atoms with E-state index in [1.165, 1.54) is 0 Å². The minimum atomic E-state index is -1.79. The molecule has 0 aliphatic heterocycles. The van der Waals surface area contributed by atoms with Crippen LogP contribution in [0.5, 0.6) is 0 Å². The van der Waals surface area contributed by atoms with Gasteiger partial charge in [-0.3, -0.25) is 4.48 Å². The van der Waals surface area contributed by atoms with Gasteiger partial charge in [0.2, 0.25) is 0 Å². The molecule has 0 aliphatic rings. The van der Waals surface area contributed by atoms with Gasteiger partial charge in [-0.2, -0.15) is 0 Å². The SMILES string of the molecule is C=CC[N+](C)(CC)C(O)(O)CCCO. The fraction of sp³-hybridized carbons (Fsp3) is 0.800. The van der Waals surface area contributed by atoms with Gasteiger partial charge >= 0.3 is 5.91 Å². The van der Waals surface area contributed by atoms with E-state index in [0.29, 0.717) is 19.5 Å². The lowest BCUT2D eigenvalue weighted by atomic mass is 10.2. The first-order chi connectivity index (χ1) is 6.43. The Bertz CT molecular complexity index is 182. The Labute approximate surface area is 85.7 Å². The van der Waals surface area contributed by atoms with Crippen molar-refractivity contribution in [1.29, 1.82) is 0 Å². The molecule has 0 saturated heterocycles. The van der Waals surface area contributed by atoms with Crippen molar-refractivity contribution < 1.29 is 19.8 Å². The van der Waals surface area contributed by atoms with E-state index in [2.05, 4.69) is 6.58 Å². The molecule has 3 N–H and O–H groups in total. The van der Waals surface area contributed by atoms with Crippen LogP contribution in [0, 0.1) is 0 Å². The third-order valence-corrected chi connectivity index (χ3v) is 2.76. The van der Waals surface area contributed by atoms with Crippen LogP contribution in [0.2, 0.25) is 0 Å². The minimum absolute atomic E-state index is 0.0271. The Kier molecular flexibility index (Phi) is 5.29. The number of nitrogens with zero attached hydrogens (tertiary/aromatic N) is 1. The van der Waals surface area contributed by atoms with Gasteiger partial charge in [0.25, 0.3) is 0 Å². The molecule has 0 aromatic carbocycles. The first kappa shape index (κ1) is 13.6. The van der Waals surface area contributed by atoms with Gasteiger partial charge in [-0.05, 0) is 19.4 Å². The van der Waals surface area contributed by atoms with E-state index in [1.54, 1.807) is 13.1 Å². The summed E-state index contributed by atoms with van der Waals surface area (Å²) in [7, 11) is 1.76. The van der Waals surface area contributed by atoms with Gasteiger partial charge in [0.15, 0.2) is 0 Å². The van der Waals surface area contributed by atoms with E-state index in [4.69, 9.17) is 5.11 Å². The zero-order valence-corrected chi connectivity index (χ0v) is 9.11. The average molecular weight is 204 g/mol. The van der Waals surface area contributed by atoms with E-state index in [1.807, 2.05) is 6.92 Å². The third-order valence-electron chi connectivity index (χ3n) is 2.76. The Morgan fingerprint density at radius 3 is 2.36 bits per heavy atom. The van der Waals surface area contributed by atoms with Crippen LogP contribution in [0.4, 0.5) is 0 Å². The number of likely N-dealkylation sites (N-methyl/N-ethyl adjacent to an activating group) is 1. The molecule has 0 heterocycles. The number of hydrogen-bond acceptors (Lipinski definition) is 3. The molecule has 4 heteroatoms. The highest BCUT2D eigenvalue weighted by atomic mass is 16.5. The quantitative estimate of drug-likeness (QED) is 0.312. The summed E-state index contributed by atoms with van der Waals surface area (Å²) in [6.45, 7) is 6.56. The average Bonchev–Trinajstić information content (AvgIpc) is 2.14. The lowest BCUT2D eigenvalue weighted by Gasteiger charge is -2.42. The summed E-state index contributed by atoms with van der Waals surface area (Å²) in [5.41, 5.74) is 0. The van der Waals surface area contributed by atoms with Crippen molar-refractivity contribution in [2.45, 2.75) is 25.7 Å². The fourth-order valence-corrected chi connectivity index (χ4v) is 1.40. The van der Waals surface area contributed by atoms with Crippen molar-refractivity contribution in [2.75, 3.05) is 26.7 Å². The number of quaternary nitrogens is 1. The van der Waals surface area contributed by atoms with Crippen molar-refractivity contribution in [1.82, 2.24) is 0 Å². The zero-order chi connectivity index (χ0) is 11.2. The first-order valence-corrected chi connectivity index (χ1v) is 4.94. The molecule has 4 nitrogen and oxygen atoms in total. The highest BCUT2D eigenvalue weighted by molar-refractivity contribution is 4.67. The molecular formula is C10H22NO3+. The number of rotatable bonds is 7. The molecule has 84 valence electrons. The second-order valence-electron chi connectivity index (χ2n) is 3.78. The van der Waals surface area contributed by atoms with Crippen molar-refractivity contribution in [2.24, 2.45) is 0 Å². The van der Waals surface area contributed by atoms with Crippen molar-refractivity contribution >= 4 is 0 Å². The van der Waals surface area contributed by atoms with Crippen LogP contribution < -0.4 is 0 Å². The van der Waals surface area contributed by atoms with E-state index >= 15 is 0 Å². The van der Waals surface area contributed by atoms with Crippen LogP contribution in [0.25, 0.3) is 0 Å². The molecular weight excluding hydrogens is 182 g/mol. The molecule has 0 spiro atoms. The Morgan fingerprint density at radius 1 is 1.43 bits per heavy atom. The van der Waals surface area contributed by atoms with Crippen LogP contribution in [0.1, 0.15) is 19.8 Å². The zero-order valence-electron chi connectivity index (χ0n) is 9.11. The number of aliphatic hydroxyl groups is 3. The first-order valence-electron chi connectivity index (χ1n) is 4.94. The Hall–Kier alpha value is -0.420. The second kappa shape index (κ2) is 5.46. The molecule has 0 aromatic heterocycles. The summed E-state index contributed by atoms with van der Waals surface area (Å²) >= 11 is 0. The summed E-state index contributed by atoms with van der Waals surface area (Å²) in [5, 5.41) is 28.4. The topological polar surface area (TPSA) is 60.7 Å². The lowest BCUT2D eigenvalue weighted by molar-refractivity contribution is -1.00. The molecule has 0 fully saturated rings. The lowest BCUT2D eigenvalue weighted by Crippen LogP contribution is -2.62. The maximum Gasteiger partial charge on any atom is 0.314 e.